The summed E-state index contributed by atoms with van der Waals surface area (Å²) in [6.07, 6.45) is -1.93. The van der Waals surface area contributed by atoms with Gasteiger partial charge in [-0.15, -0.1) is 11.6 Å². The Balaban J connectivity index is 3.23. The summed E-state index contributed by atoms with van der Waals surface area (Å²) >= 11 is 10.8. The highest BCUT2D eigenvalue weighted by Crippen LogP contribution is 2.27. The lowest BCUT2D eigenvalue weighted by atomic mass is 10.2. The van der Waals surface area contributed by atoms with Crippen LogP contribution in [0.15, 0.2) is 6.20 Å². The van der Waals surface area contributed by atoms with Crippen LogP contribution >= 0.6 is 23.2 Å². The molecule has 0 saturated heterocycles. The molecule has 13 heavy (non-hydrogen) atoms. The van der Waals surface area contributed by atoms with Crippen molar-refractivity contribution in [3.05, 3.63) is 28.3 Å². The molecule has 0 aliphatic rings. The lowest BCUT2D eigenvalue weighted by Gasteiger charge is -2.05. The average Bonchev–Trinajstić information content (AvgIpc) is 2.09. The van der Waals surface area contributed by atoms with E-state index in [9.17, 15) is 13.2 Å². The number of hydrogen-bond acceptors (Lipinski definition) is 1. The first-order chi connectivity index (χ1) is 6.07. The number of pyridine rings is 1. The standard InChI is InChI=1S/C7H4Cl2F3N/c8-1-3-2-13-6(7(11)12)5(10)4(3)9/h2,7H,1H2. The van der Waals surface area contributed by atoms with E-state index in [1.807, 2.05) is 0 Å². The summed E-state index contributed by atoms with van der Waals surface area (Å²) in [4.78, 5) is 3.22. The molecule has 1 aromatic rings. The molecule has 0 aliphatic heterocycles. The van der Waals surface area contributed by atoms with Crippen LogP contribution in [0.1, 0.15) is 17.7 Å². The predicted molar refractivity (Wildman–Crippen MR) is 43.7 cm³/mol. The van der Waals surface area contributed by atoms with Crippen molar-refractivity contribution in [3.63, 3.8) is 0 Å². The molecule has 0 N–H and O–H groups in total. The summed E-state index contributed by atoms with van der Waals surface area (Å²) in [5.41, 5.74) is -0.746. The SMILES string of the molecule is Fc1c(C(F)F)ncc(CCl)c1Cl. The third-order valence-corrected chi connectivity index (χ3v) is 2.11. The molecule has 0 bridgehead atoms. The number of aromatic nitrogens is 1. The van der Waals surface area contributed by atoms with Crippen LogP contribution in [-0.4, -0.2) is 4.98 Å². The maximum Gasteiger partial charge on any atom is 0.283 e. The van der Waals surface area contributed by atoms with Crippen LogP contribution < -0.4 is 0 Å². The Kier molecular flexibility index (Phi) is 3.39. The summed E-state index contributed by atoms with van der Waals surface area (Å²) in [6, 6.07) is 0. The van der Waals surface area contributed by atoms with E-state index >= 15 is 0 Å². The second-order valence-electron chi connectivity index (χ2n) is 2.23. The monoisotopic (exact) mass is 229 g/mol. The van der Waals surface area contributed by atoms with E-state index in [2.05, 4.69) is 4.98 Å². The Morgan fingerprint density at radius 3 is 2.54 bits per heavy atom. The van der Waals surface area contributed by atoms with Crippen molar-refractivity contribution >= 4 is 23.2 Å². The summed E-state index contributed by atoms with van der Waals surface area (Å²) in [7, 11) is 0. The number of rotatable bonds is 2. The molecule has 1 nitrogen and oxygen atoms in total. The number of alkyl halides is 3. The zero-order valence-corrected chi connectivity index (χ0v) is 7.71. The van der Waals surface area contributed by atoms with Crippen molar-refractivity contribution in [2.45, 2.75) is 12.3 Å². The highest BCUT2D eigenvalue weighted by atomic mass is 35.5. The Morgan fingerprint density at radius 2 is 2.08 bits per heavy atom. The molecule has 72 valence electrons. The van der Waals surface area contributed by atoms with E-state index in [-0.39, 0.29) is 16.5 Å². The van der Waals surface area contributed by atoms with E-state index in [1.165, 1.54) is 0 Å². The Morgan fingerprint density at radius 1 is 1.46 bits per heavy atom. The van der Waals surface area contributed by atoms with Gasteiger partial charge in [-0.05, 0) is 0 Å². The maximum atomic E-state index is 13.0. The van der Waals surface area contributed by atoms with Crippen LogP contribution in [0.2, 0.25) is 5.02 Å². The van der Waals surface area contributed by atoms with Crippen LogP contribution in [0.4, 0.5) is 13.2 Å². The zero-order chi connectivity index (χ0) is 10.0. The minimum Gasteiger partial charge on any atom is -0.252 e. The molecule has 0 spiro atoms. The Bertz CT molecular complexity index is 317. The second kappa shape index (κ2) is 4.15. The summed E-state index contributed by atoms with van der Waals surface area (Å²) < 4.78 is 37.1. The van der Waals surface area contributed by atoms with Gasteiger partial charge in [-0.25, -0.2) is 13.2 Å². The summed E-state index contributed by atoms with van der Waals surface area (Å²) in [6.45, 7) is 0. The summed E-state index contributed by atoms with van der Waals surface area (Å²) in [5.74, 6) is -1.26. The lowest BCUT2D eigenvalue weighted by Crippen LogP contribution is -1.98. The largest absolute Gasteiger partial charge is 0.283 e. The van der Waals surface area contributed by atoms with Crippen LogP contribution in [0.5, 0.6) is 0 Å². The summed E-state index contributed by atoms with van der Waals surface area (Å²) in [5, 5.41) is -0.389. The fourth-order valence-electron chi connectivity index (χ4n) is 0.760. The minimum atomic E-state index is -2.97. The lowest BCUT2D eigenvalue weighted by molar-refractivity contribution is 0.140. The smallest absolute Gasteiger partial charge is 0.252 e. The Hall–Kier alpha value is -0.480. The molecule has 0 amide bonds. The normalized spacial score (nSPS) is 10.9. The van der Waals surface area contributed by atoms with Crippen molar-refractivity contribution in [3.8, 4) is 0 Å². The molecular formula is C7H4Cl2F3N. The van der Waals surface area contributed by atoms with E-state index in [0.717, 1.165) is 6.20 Å². The van der Waals surface area contributed by atoms with Gasteiger partial charge < -0.3 is 0 Å². The van der Waals surface area contributed by atoms with Crippen molar-refractivity contribution in [2.75, 3.05) is 0 Å². The number of hydrogen-bond donors (Lipinski definition) is 0. The molecule has 0 fully saturated rings. The maximum absolute atomic E-state index is 13.0. The highest BCUT2D eigenvalue weighted by Gasteiger charge is 2.19. The van der Waals surface area contributed by atoms with Crippen molar-refractivity contribution in [2.24, 2.45) is 0 Å². The third kappa shape index (κ3) is 2.06. The van der Waals surface area contributed by atoms with Gasteiger partial charge in [-0.1, -0.05) is 11.6 Å². The van der Waals surface area contributed by atoms with Gasteiger partial charge >= 0.3 is 0 Å². The molecule has 0 radical (unpaired) electrons. The van der Waals surface area contributed by atoms with Crippen molar-refractivity contribution in [1.82, 2.24) is 4.98 Å². The van der Waals surface area contributed by atoms with E-state index in [0.29, 0.717) is 0 Å². The molecule has 0 aliphatic carbocycles. The van der Waals surface area contributed by atoms with Gasteiger partial charge in [-0.3, -0.25) is 4.98 Å². The third-order valence-electron chi connectivity index (χ3n) is 1.41. The minimum absolute atomic E-state index is 0.0632. The first kappa shape index (κ1) is 10.6. The van der Waals surface area contributed by atoms with E-state index in [1.54, 1.807) is 0 Å². The fourth-order valence-corrected chi connectivity index (χ4v) is 1.24. The average molecular weight is 230 g/mol. The van der Waals surface area contributed by atoms with E-state index in [4.69, 9.17) is 23.2 Å². The molecule has 6 heteroatoms. The van der Waals surface area contributed by atoms with Crippen molar-refractivity contribution < 1.29 is 13.2 Å². The van der Waals surface area contributed by atoms with Gasteiger partial charge in [-0.2, -0.15) is 0 Å². The van der Waals surface area contributed by atoms with Gasteiger partial charge in [0.1, 0.15) is 5.69 Å². The highest BCUT2D eigenvalue weighted by molar-refractivity contribution is 6.32. The molecule has 1 rings (SSSR count). The predicted octanol–water partition coefficient (Wildman–Crippen LogP) is 3.55. The van der Waals surface area contributed by atoms with Crippen LogP contribution in [0, 0.1) is 5.82 Å². The second-order valence-corrected chi connectivity index (χ2v) is 2.88. The van der Waals surface area contributed by atoms with Crippen molar-refractivity contribution in [1.29, 1.82) is 0 Å². The van der Waals surface area contributed by atoms with Crippen LogP contribution in [0.25, 0.3) is 0 Å². The van der Waals surface area contributed by atoms with Gasteiger partial charge in [0.15, 0.2) is 5.82 Å². The van der Waals surface area contributed by atoms with Crippen LogP contribution in [-0.2, 0) is 5.88 Å². The number of nitrogens with zero attached hydrogens (tertiary/aromatic N) is 1. The topological polar surface area (TPSA) is 12.9 Å². The van der Waals surface area contributed by atoms with Crippen LogP contribution in [0.3, 0.4) is 0 Å². The zero-order valence-electron chi connectivity index (χ0n) is 6.20. The molecule has 1 heterocycles. The van der Waals surface area contributed by atoms with E-state index < -0.39 is 17.9 Å². The molecule has 0 unspecified atom stereocenters. The van der Waals surface area contributed by atoms with Gasteiger partial charge in [0.2, 0.25) is 0 Å². The number of halogens is 5. The molecule has 0 atom stereocenters. The molecular weight excluding hydrogens is 226 g/mol. The quantitative estimate of drug-likeness (QED) is 0.708. The first-order valence-electron chi connectivity index (χ1n) is 3.24. The van der Waals surface area contributed by atoms with Gasteiger partial charge in [0, 0.05) is 11.8 Å². The molecule has 1 aromatic heterocycles. The first-order valence-corrected chi connectivity index (χ1v) is 4.16. The molecule has 0 saturated carbocycles. The Labute approximate surface area is 82.5 Å². The molecule has 0 aromatic carbocycles. The van der Waals surface area contributed by atoms with Gasteiger partial charge in [0.05, 0.1) is 10.9 Å². The fraction of sp³-hybridized carbons (Fsp3) is 0.286. The van der Waals surface area contributed by atoms with Gasteiger partial charge in [0.25, 0.3) is 6.43 Å².